The molecule has 1 aromatic carbocycles. The first-order chi connectivity index (χ1) is 7.70. The lowest BCUT2D eigenvalue weighted by Gasteiger charge is -2.35. The van der Waals surface area contributed by atoms with E-state index in [4.69, 9.17) is 5.26 Å². The molecule has 0 spiro atoms. The maximum atomic E-state index is 13.3. The lowest BCUT2D eigenvalue weighted by Crippen LogP contribution is -2.40. The second kappa shape index (κ2) is 4.75. The quantitative estimate of drug-likeness (QED) is 0.750. The van der Waals surface area contributed by atoms with Gasteiger partial charge in [0.1, 0.15) is 5.82 Å². The average molecular weight is 236 g/mol. The monoisotopic (exact) mass is 236 g/mol. The van der Waals surface area contributed by atoms with Gasteiger partial charge in [-0.05, 0) is 25.1 Å². The first-order valence-corrected chi connectivity index (χ1v) is 6.41. The van der Waals surface area contributed by atoms with Crippen LogP contribution in [-0.2, 0) is 0 Å². The summed E-state index contributed by atoms with van der Waals surface area (Å²) >= 11 is 1.92. The van der Waals surface area contributed by atoms with Crippen molar-refractivity contribution in [2.24, 2.45) is 0 Å². The van der Waals surface area contributed by atoms with Crippen LogP contribution in [0.3, 0.4) is 0 Å². The first-order valence-electron chi connectivity index (χ1n) is 5.26. The van der Waals surface area contributed by atoms with Gasteiger partial charge in [0.05, 0.1) is 11.6 Å². The number of hydrogen-bond acceptors (Lipinski definition) is 3. The van der Waals surface area contributed by atoms with E-state index in [9.17, 15) is 4.39 Å². The molecule has 2 nitrogen and oxygen atoms in total. The number of nitriles is 1. The molecule has 0 saturated carbocycles. The summed E-state index contributed by atoms with van der Waals surface area (Å²) in [6, 6.07) is 6.92. The molecular formula is C12H13FN2S. The van der Waals surface area contributed by atoms with Gasteiger partial charge in [0.2, 0.25) is 0 Å². The van der Waals surface area contributed by atoms with Crippen molar-refractivity contribution in [3.05, 3.63) is 29.6 Å². The highest BCUT2D eigenvalue weighted by Crippen LogP contribution is 2.25. The van der Waals surface area contributed by atoms with E-state index in [1.165, 1.54) is 12.1 Å². The van der Waals surface area contributed by atoms with Gasteiger partial charge >= 0.3 is 0 Å². The van der Waals surface area contributed by atoms with E-state index in [0.717, 1.165) is 23.7 Å². The Hall–Kier alpha value is -1.21. The second-order valence-corrected chi connectivity index (χ2v) is 5.08. The van der Waals surface area contributed by atoms with Crippen LogP contribution in [0.4, 0.5) is 10.1 Å². The van der Waals surface area contributed by atoms with Gasteiger partial charge in [0.15, 0.2) is 0 Å². The van der Waals surface area contributed by atoms with Crippen molar-refractivity contribution < 1.29 is 4.39 Å². The van der Waals surface area contributed by atoms with Gasteiger partial charge in [-0.15, -0.1) is 0 Å². The molecule has 4 heteroatoms. The number of rotatable bonds is 1. The molecule has 1 fully saturated rings. The Balaban J connectivity index is 2.32. The number of thioether (sulfide) groups is 1. The number of benzene rings is 1. The molecule has 0 amide bonds. The van der Waals surface area contributed by atoms with Crippen molar-refractivity contribution in [1.29, 1.82) is 5.26 Å². The van der Waals surface area contributed by atoms with Crippen molar-refractivity contribution in [3.8, 4) is 6.07 Å². The largest absolute Gasteiger partial charge is 0.367 e. The Morgan fingerprint density at radius 3 is 3.00 bits per heavy atom. The van der Waals surface area contributed by atoms with E-state index < -0.39 is 0 Å². The Morgan fingerprint density at radius 1 is 1.50 bits per heavy atom. The maximum Gasteiger partial charge on any atom is 0.126 e. The highest BCUT2D eigenvalue weighted by atomic mass is 32.2. The fourth-order valence-corrected chi connectivity index (χ4v) is 2.93. The summed E-state index contributed by atoms with van der Waals surface area (Å²) in [5.74, 6) is 1.78. The van der Waals surface area contributed by atoms with E-state index >= 15 is 0 Å². The summed E-state index contributed by atoms with van der Waals surface area (Å²) in [5.41, 5.74) is 1.21. The predicted octanol–water partition coefficient (Wildman–Crippen LogP) is 2.64. The van der Waals surface area contributed by atoms with Crippen LogP contribution in [0.2, 0.25) is 0 Å². The van der Waals surface area contributed by atoms with Crippen LogP contribution in [0, 0.1) is 17.1 Å². The van der Waals surface area contributed by atoms with Gasteiger partial charge < -0.3 is 4.90 Å². The Kier molecular flexibility index (Phi) is 3.35. The zero-order valence-electron chi connectivity index (χ0n) is 9.11. The molecule has 0 bridgehead atoms. The topological polar surface area (TPSA) is 27.0 Å². The number of nitrogens with zero attached hydrogens (tertiary/aromatic N) is 2. The summed E-state index contributed by atoms with van der Waals surface area (Å²) in [6.45, 7) is 3.04. The first kappa shape index (κ1) is 11.3. The number of hydrogen-bond donors (Lipinski definition) is 0. The van der Waals surface area contributed by atoms with Gasteiger partial charge in [0.25, 0.3) is 0 Å². The van der Waals surface area contributed by atoms with Gasteiger partial charge in [-0.1, -0.05) is 0 Å². The molecule has 0 N–H and O–H groups in total. The molecule has 1 heterocycles. The number of halogens is 1. The summed E-state index contributed by atoms with van der Waals surface area (Å²) in [7, 11) is 0. The third kappa shape index (κ3) is 2.30. The van der Waals surface area contributed by atoms with E-state index in [2.05, 4.69) is 11.8 Å². The standard InChI is InChI=1S/C12H13FN2S/c1-9-8-16-3-2-15(9)12-5-10(7-14)4-11(13)6-12/h4-6,9H,2-3,8H2,1H3. The smallest absolute Gasteiger partial charge is 0.126 e. The van der Waals surface area contributed by atoms with Gasteiger partial charge in [0, 0.05) is 29.8 Å². The molecule has 1 unspecified atom stereocenters. The lowest BCUT2D eigenvalue weighted by molar-refractivity contribution is 0.623. The third-order valence-electron chi connectivity index (χ3n) is 2.71. The summed E-state index contributed by atoms with van der Waals surface area (Å²) in [5, 5.41) is 8.81. The molecule has 1 saturated heterocycles. The van der Waals surface area contributed by atoms with Crippen LogP contribution >= 0.6 is 11.8 Å². The van der Waals surface area contributed by atoms with E-state index in [1.54, 1.807) is 6.07 Å². The van der Waals surface area contributed by atoms with E-state index in [1.807, 2.05) is 17.8 Å². The predicted molar refractivity (Wildman–Crippen MR) is 65.2 cm³/mol. The van der Waals surface area contributed by atoms with Gasteiger partial charge in [-0.25, -0.2) is 4.39 Å². The molecule has 16 heavy (non-hydrogen) atoms. The zero-order valence-corrected chi connectivity index (χ0v) is 9.93. The summed E-state index contributed by atoms with van der Waals surface area (Å²) in [6.07, 6.45) is 0. The Morgan fingerprint density at radius 2 is 2.31 bits per heavy atom. The van der Waals surface area contributed by atoms with Crippen LogP contribution in [0.25, 0.3) is 0 Å². The highest BCUT2D eigenvalue weighted by molar-refractivity contribution is 7.99. The Labute approximate surface area is 99.1 Å². The molecule has 0 aromatic heterocycles. The fraction of sp³-hybridized carbons (Fsp3) is 0.417. The molecule has 84 valence electrons. The minimum absolute atomic E-state index is 0.334. The highest BCUT2D eigenvalue weighted by Gasteiger charge is 2.19. The van der Waals surface area contributed by atoms with Crippen molar-refractivity contribution in [2.45, 2.75) is 13.0 Å². The SMILES string of the molecule is CC1CSCCN1c1cc(F)cc(C#N)c1. The van der Waals surface area contributed by atoms with Crippen molar-refractivity contribution in [1.82, 2.24) is 0 Å². The maximum absolute atomic E-state index is 13.3. The molecule has 1 aliphatic heterocycles. The molecule has 1 aromatic rings. The molecule has 0 radical (unpaired) electrons. The molecule has 0 aliphatic carbocycles. The molecular weight excluding hydrogens is 223 g/mol. The fourth-order valence-electron chi connectivity index (χ4n) is 1.92. The zero-order chi connectivity index (χ0) is 11.5. The van der Waals surface area contributed by atoms with E-state index in [-0.39, 0.29) is 5.82 Å². The van der Waals surface area contributed by atoms with Crippen LogP contribution in [0.1, 0.15) is 12.5 Å². The van der Waals surface area contributed by atoms with Crippen LogP contribution in [0.5, 0.6) is 0 Å². The molecule has 1 aliphatic rings. The van der Waals surface area contributed by atoms with Gasteiger partial charge in [-0.2, -0.15) is 17.0 Å². The number of anilines is 1. The second-order valence-electron chi connectivity index (χ2n) is 3.93. The van der Waals surface area contributed by atoms with Crippen LogP contribution in [-0.4, -0.2) is 24.1 Å². The van der Waals surface area contributed by atoms with Crippen molar-refractivity contribution >= 4 is 17.4 Å². The lowest BCUT2D eigenvalue weighted by atomic mass is 10.1. The summed E-state index contributed by atoms with van der Waals surface area (Å²) < 4.78 is 13.3. The van der Waals surface area contributed by atoms with Gasteiger partial charge in [-0.3, -0.25) is 0 Å². The average Bonchev–Trinajstić information content (AvgIpc) is 2.28. The minimum atomic E-state index is -0.334. The molecule has 1 atom stereocenters. The Bertz CT molecular complexity index is 428. The van der Waals surface area contributed by atoms with Crippen molar-refractivity contribution in [3.63, 3.8) is 0 Å². The minimum Gasteiger partial charge on any atom is -0.367 e. The third-order valence-corrected chi connectivity index (χ3v) is 3.90. The van der Waals surface area contributed by atoms with E-state index in [0.29, 0.717) is 11.6 Å². The van der Waals surface area contributed by atoms with Crippen LogP contribution in [0.15, 0.2) is 18.2 Å². The normalized spacial score (nSPS) is 20.6. The molecule has 2 rings (SSSR count). The summed E-state index contributed by atoms with van der Waals surface area (Å²) in [4.78, 5) is 2.17. The van der Waals surface area contributed by atoms with Crippen LogP contribution < -0.4 is 4.90 Å². The van der Waals surface area contributed by atoms with Crippen molar-refractivity contribution in [2.75, 3.05) is 23.0 Å².